The lowest BCUT2D eigenvalue weighted by atomic mass is 9.91. The number of ether oxygens (including phenoxy) is 2. The SMILES string of the molecule is COc1ccc(Nc2nc(NC3CCCCC3N)cnc2C(N)=O)cc1OC. The molecule has 1 saturated carbocycles. The molecule has 3 rings (SSSR count). The molecule has 9 heteroatoms. The molecule has 9 nitrogen and oxygen atoms in total. The predicted molar refractivity (Wildman–Crippen MR) is 107 cm³/mol. The molecule has 0 bridgehead atoms. The Morgan fingerprint density at radius 1 is 1.18 bits per heavy atom. The van der Waals surface area contributed by atoms with Crippen molar-refractivity contribution in [1.82, 2.24) is 9.97 Å². The van der Waals surface area contributed by atoms with Gasteiger partial charge in [0.15, 0.2) is 23.0 Å². The fourth-order valence-corrected chi connectivity index (χ4v) is 3.31. The number of rotatable bonds is 7. The summed E-state index contributed by atoms with van der Waals surface area (Å²) in [6, 6.07) is 5.46. The van der Waals surface area contributed by atoms with Crippen LogP contribution in [0.25, 0.3) is 0 Å². The number of benzene rings is 1. The van der Waals surface area contributed by atoms with Crippen molar-refractivity contribution in [3.05, 3.63) is 30.1 Å². The van der Waals surface area contributed by atoms with Gasteiger partial charge in [-0.25, -0.2) is 9.97 Å². The Labute approximate surface area is 163 Å². The molecule has 1 aromatic carbocycles. The highest BCUT2D eigenvalue weighted by atomic mass is 16.5. The fraction of sp³-hybridized carbons (Fsp3) is 0.421. The van der Waals surface area contributed by atoms with Gasteiger partial charge >= 0.3 is 0 Å². The number of carbonyl (C=O) groups is 1. The number of hydrogen-bond acceptors (Lipinski definition) is 8. The average molecular weight is 386 g/mol. The maximum Gasteiger partial charge on any atom is 0.271 e. The average Bonchev–Trinajstić information content (AvgIpc) is 2.69. The van der Waals surface area contributed by atoms with E-state index in [0.717, 1.165) is 25.7 Å². The van der Waals surface area contributed by atoms with Gasteiger partial charge in [-0.05, 0) is 25.0 Å². The second-order valence-electron chi connectivity index (χ2n) is 6.71. The van der Waals surface area contributed by atoms with Crippen molar-refractivity contribution in [2.75, 3.05) is 24.9 Å². The smallest absolute Gasteiger partial charge is 0.271 e. The molecule has 1 aliphatic rings. The van der Waals surface area contributed by atoms with Crippen LogP contribution in [0.1, 0.15) is 36.2 Å². The van der Waals surface area contributed by atoms with Crippen LogP contribution in [-0.2, 0) is 0 Å². The topological polar surface area (TPSA) is 137 Å². The molecule has 28 heavy (non-hydrogen) atoms. The Morgan fingerprint density at radius 2 is 1.93 bits per heavy atom. The van der Waals surface area contributed by atoms with Gasteiger partial charge in [0.05, 0.1) is 20.4 Å². The molecule has 0 spiro atoms. The van der Waals surface area contributed by atoms with Gasteiger partial charge in [-0.3, -0.25) is 4.79 Å². The first-order chi connectivity index (χ1) is 13.5. The van der Waals surface area contributed by atoms with Gasteiger partial charge in [0.25, 0.3) is 5.91 Å². The molecule has 2 unspecified atom stereocenters. The van der Waals surface area contributed by atoms with Gasteiger partial charge in [0, 0.05) is 23.8 Å². The van der Waals surface area contributed by atoms with Crippen molar-refractivity contribution in [3.63, 3.8) is 0 Å². The molecular formula is C19H26N6O3. The number of amides is 1. The Morgan fingerprint density at radius 3 is 2.61 bits per heavy atom. The minimum absolute atomic E-state index is 0.0493. The third kappa shape index (κ3) is 4.42. The van der Waals surface area contributed by atoms with Gasteiger partial charge in [0.1, 0.15) is 5.82 Å². The second kappa shape index (κ2) is 8.75. The molecular weight excluding hydrogens is 360 g/mol. The number of nitrogens with one attached hydrogen (secondary N) is 2. The summed E-state index contributed by atoms with van der Waals surface area (Å²) in [6.45, 7) is 0. The van der Waals surface area contributed by atoms with Gasteiger partial charge in [-0.2, -0.15) is 0 Å². The monoisotopic (exact) mass is 386 g/mol. The molecule has 1 fully saturated rings. The van der Waals surface area contributed by atoms with Crippen LogP contribution in [-0.4, -0.2) is 42.2 Å². The largest absolute Gasteiger partial charge is 0.493 e. The number of carbonyl (C=O) groups excluding carboxylic acids is 1. The van der Waals surface area contributed by atoms with Crippen LogP contribution >= 0.6 is 0 Å². The zero-order valence-corrected chi connectivity index (χ0v) is 16.1. The third-order valence-electron chi connectivity index (χ3n) is 4.80. The molecule has 1 heterocycles. The van der Waals surface area contributed by atoms with Crippen LogP contribution < -0.4 is 31.6 Å². The quantitative estimate of drug-likeness (QED) is 0.567. The van der Waals surface area contributed by atoms with E-state index in [2.05, 4.69) is 20.6 Å². The Balaban J connectivity index is 1.86. The van der Waals surface area contributed by atoms with E-state index in [9.17, 15) is 4.79 Å². The molecule has 2 aromatic rings. The minimum atomic E-state index is -0.670. The van der Waals surface area contributed by atoms with Crippen LogP contribution in [0, 0.1) is 0 Å². The first-order valence-electron chi connectivity index (χ1n) is 9.20. The molecule has 6 N–H and O–H groups in total. The van der Waals surface area contributed by atoms with Crippen LogP contribution in [0.3, 0.4) is 0 Å². The molecule has 2 atom stereocenters. The first-order valence-corrected chi connectivity index (χ1v) is 9.20. The van der Waals surface area contributed by atoms with E-state index in [-0.39, 0.29) is 23.6 Å². The lowest BCUT2D eigenvalue weighted by Crippen LogP contribution is -2.42. The molecule has 150 valence electrons. The predicted octanol–water partition coefficient (Wildman–Crippen LogP) is 2.02. The van der Waals surface area contributed by atoms with Crippen LogP contribution in [0.4, 0.5) is 17.3 Å². The van der Waals surface area contributed by atoms with Crippen molar-refractivity contribution in [2.24, 2.45) is 11.5 Å². The second-order valence-corrected chi connectivity index (χ2v) is 6.71. The van der Waals surface area contributed by atoms with Crippen molar-refractivity contribution >= 4 is 23.2 Å². The zero-order valence-electron chi connectivity index (χ0n) is 16.1. The van der Waals surface area contributed by atoms with E-state index in [1.54, 1.807) is 32.4 Å². The van der Waals surface area contributed by atoms with E-state index in [1.165, 1.54) is 6.20 Å². The maximum absolute atomic E-state index is 11.8. The molecule has 1 aliphatic carbocycles. The fourth-order valence-electron chi connectivity index (χ4n) is 3.31. The molecule has 0 radical (unpaired) electrons. The minimum Gasteiger partial charge on any atom is -0.493 e. The normalized spacial score (nSPS) is 19.0. The highest BCUT2D eigenvalue weighted by Gasteiger charge is 2.23. The van der Waals surface area contributed by atoms with Gasteiger partial charge in [-0.1, -0.05) is 12.8 Å². The number of nitrogens with zero attached hydrogens (tertiary/aromatic N) is 2. The Hall–Kier alpha value is -3.07. The van der Waals surface area contributed by atoms with Crippen molar-refractivity contribution in [1.29, 1.82) is 0 Å². The highest BCUT2D eigenvalue weighted by Crippen LogP contribution is 2.31. The number of anilines is 3. The number of nitrogens with two attached hydrogens (primary N) is 2. The van der Waals surface area contributed by atoms with Gasteiger partial charge in [-0.15, -0.1) is 0 Å². The third-order valence-corrected chi connectivity index (χ3v) is 4.80. The van der Waals surface area contributed by atoms with Crippen molar-refractivity contribution < 1.29 is 14.3 Å². The highest BCUT2D eigenvalue weighted by molar-refractivity contribution is 5.96. The van der Waals surface area contributed by atoms with Crippen molar-refractivity contribution in [2.45, 2.75) is 37.8 Å². The summed E-state index contributed by atoms with van der Waals surface area (Å²) < 4.78 is 10.5. The number of hydrogen-bond donors (Lipinski definition) is 4. The summed E-state index contributed by atoms with van der Waals surface area (Å²) >= 11 is 0. The van der Waals surface area contributed by atoms with Gasteiger partial charge < -0.3 is 31.6 Å². The summed E-state index contributed by atoms with van der Waals surface area (Å²) in [4.78, 5) is 20.5. The van der Waals surface area contributed by atoms with Gasteiger partial charge in [0.2, 0.25) is 0 Å². The van der Waals surface area contributed by atoms with Crippen LogP contribution in [0.15, 0.2) is 24.4 Å². The van der Waals surface area contributed by atoms with Crippen molar-refractivity contribution in [3.8, 4) is 11.5 Å². The first kappa shape index (κ1) is 19.7. The Bertz CT molecular complexity index is 844. The maximum atomic E-state index is 11.8. The van der Waals surface area contributed by atoms with E-state index in [0.29, 0.717) is 23.0 Å². The summed E-state index contributed by atoms with van der Waals surface area (Å²) in [5, 5.41) is 6.42. The lowest BCUT2D eigenvalue weighted by Gasteiger charge is -2.29. The Kier molecular flexibility index (Phi) is 6.15. The lowest BCUT2D eigenvalue weighted by molar-refractivity contribution is 0.0996. The van der Waals surface area contributed by atoms with E-state index in [4.69, 9.17) is 20.9 Å². The summed E-state index contributed by atoms with van der Waals surface area (Å²) in [7, 11) is 3.11. The summed E-state index contributed by atoms with van der Waals surface area (Å²) in [5.74, 6) is 1.26. The molecule has 1 aromatic heterocycles. The van der Waals surface area contributed by atoms with E-state index in [1.807, 2.05) is 0 Å². The molecule has 0 saturated heterocycles. The number of aromatic nitrogens is 2. The number of methoxy groups -OCH3 is 2. The summed E-state index contributed by atoms with van der Waals surface area (Å²) in [5.41, 5.74) is 12.4. The van der Waals surface area contributed by atoms with Crippen LogP contribution in [0.5, 0.6) is 11.5 Å². The molecule has 0 aliphatic heterocycles. The van der Waals surface area contributed by atoms with E-state index < -0.39 is 5.91 Å². The van der Waals surface area contributed by atoms with E-state index >= 15 is 0 Å². The summed E-state index contributed by atoms with van der Waals surface area (Å²) in [6.07, 6.45) is 5.70. The van der Waals surface area contributed by atoms with Crippen LogP contribution in [0.2, 0.25) is 0 Å². The number of primary amides is 1. The molecule has 1 amide bonds. The standard InChI is InChI=1S/C19H26N6O3/c1-27-14-8-7-11(9-15(14)28-2)23-19-17(18(21)26)22-10-16(25-19)24-13-6-4-3-5-12(13)20/h7-10,12-13H,3-6,20H2,1-2H3,(H2,21,26)(H2,23,24,25). The zero-order chi connectivity index (χ0) is 20.1.